The molecule has 0 saturated heterocycles. The largest absolute Gasteiger partial charge is 0.443 e. The lowest BCUT2D eigenvalue weighted by atomic mass is 9.94. The van der Waals surface area contributed by atoms with Gasteiger partial charge in [0.15, 0.2) is 11.5 Å². The molecule has 0 bridgehead atoms. The van der Waals surface area contributed by atoms with Gasteiger partial charge in [-0.3, -0.25) is 0 Å². The van der Waals surface area contributed by atoms with Crippen molar-refractivity contribution in [2.45, 2.75) is 32.7 Å². The lowest BCUT2D eigenvalue weighted by molar-refractivity contribution is 0.385. The van der Waals surface area contributed by atoms with Gasteiger partial charge in [0.25, 0.3) is 0 Å². The van der Waals surface area contributed by atoms with Gasteiger partial charge in [-0.05, 0) is 24.3 Å². The van der Waals surface area contributed by atoms with E-state index in [-0.39, 0.29) is 11.2 Å². The van der Waals surface area contributed by atoms with Gasteiger partial charge in [0.05, 0.1) is 18.3 Å². The molecular weight excluding hydrogens is 347 g/mol. The third kappa shape index (κ3) is 3.38. The van der Waals surface area contributed by atoms with Crippen LogP contribution in [-0.4, -0.2) is 24.8 Å². The summed E-state index contributed by atoms with van der Waals surface area (Å²) in [5.41, 5.74) is 0.779. The number of nitrogens with one attached hydrogen (secondary N) is 1. The van der Waals surface area contributed by atoms with Crippen molar-refractivity contribution < 1.29 is 8.81 Å². The summed E-state index contributed by atoms with van der Waals surface area (Å²) in [7, 11) is 0. The first-order valence-electron chi connectivity index (χ1n) is 8.58. The second kappa shape index (κ2) is 6.46. The Hall–Kier alpha value is -3.29. The molecule has 4 rings (SSSR count). The molecule has 8 heteroatoms. The van der Waals surface area contributed by atoms with Gasteiger partial charge in [-0.15, -0.1) is 15.3 Å². The molecule has 0 aliphatic carbocycles. The number of hydrogen-bond donors (Lipinski definition) is 1. The van der Waals surface area contributed by atoms with E-state index in [1.54, 1.807) is 36.5 Å². The van der Waals surface area contributed by atoms with Crippen molar-refractivity contribution in [1.82, 2.24) is 24.8 Å². The van der Waals surface area contributed by atoms with Crippen molar-refractivity contribution in [2.24, 2.45) is 0 Å². The lowest BCUT2D eigenvalue weighted by Gasteiger charge is -2.13. The number of benzene rings is 1. The molecule has 27 heavy (non-hydrogen) atoms. The van der Waals surface area contributed by atoms with Crippen molar-refractivity contribution in [3.05, 3.63) is 60.1 Å². The zero-order valence-corrected chi connectivity index (χ0v) is 15.3. The number of anilines is 1. The summed E-state index contributed by atoms with van der Waals surface area (Å²) < 4.78 is 21.4. The summed E-state index contributed by atoms with van der Waals surface area (Å²) in [5.74, 6) is 1.94. The van der Waals surface area contributed by atoms with E-state index < -0.39 is 0 Å². The van der Waals surface area contributed by atoms with E-state index in [4.69, 9.17) is 4.42 Å². The van der Waals surface area contributed by atoms with E-state index in [9.17, 15) is 4.39 Å². The Bertz CT molecular complexity index is 1090. The molecule has 7 nitrogen and oxygen atoms in total. The van der Waals surface area contributed by atoms with Gasteiger partial charge in [-0.25, -0.2) is 9.37 Å². The Morgan fingerprint density at radius 1 is 1.11 bits per heavy atom. The highest BCUT2D eigenvalue weighted by Gasteiger charge is 2.19. The third-order valence-electron chi connectivity index (χ3n) is 4.09. The molecule has 3 heterocycles. The Morgan fingerprint density at radius 3 is 2.67 bits per heavy atom. The van der Waals surface area contributed by atoms with Gasteiger partial charge in [0, 0.05) is 5.41 Å². The summed E-state index contributed by atoms with van der Waals surface area (Å²) >= 11 is 0. The molecule has 1 N–H and O–H groups in total. The molecule has 138 valence electrons. The number of fused-ring (bicyclic) bond motifs is 1. The van der Waals surface area contributed by atoms with Crippen LogP contribution in [0.3, 0.4) is 0 Å². The van der Waals surface area contributed by atoms with Crippen LogP contribution in [0.15, 0.2) is 47.0 Å². The molecule has 3 aromatic heterocycles. The molecule has 0 amide bonds. The number of halogens is 1. The maximum absolute atomic E-state index is 14.1. The highest BCUT2D eigenvalue weighted by atomic mass is 19.1. The van der Waals surface area contributed by atoms with Crippen LogP contribution in [0, 0.1) is 5.82 Å². The quantitative estimate of drug-likeness (QED) is 0.591. The second-order valence-corrected chi connectivity index (χ2v) is 7.21. The lowest BCUT2D eigenvalue weighted by Crippen LogP contribution is -2.09. The number of nitrogens with zero attached hydrogens (tertiary/aromatic N) is 5. The number of hydrogen-bond acceptors (Lipinski definition) is 6. The fourth-order valence-electron chi connectivity index (χ4n) is 2.60. The fourth-order valence-corrected chi connectivity index (χ4v) is 2.60. The summed E-state index contributed by atoms with van der Waals surface area (Å²) in [4.78, 5) is 4.29. The van der Waals surface area contributed by atoms with E-state index in [0.29, 0.717) is 35.3 Å². The molecule has 0 spiro atoms. The Kier molecular flexibility index (Phi) is 4.10. The minimum Gasteiger partial charge on any atom is -0.443 e. The number of aromatic nitrogens is 5. The molecule has 0 atom stereocenters. The smallest absolute Gasteiger partial charge is 0.213 e. The second-order valence-electron chi connectivity index (χ2n) is 7.21. The van der Waals surface area contributed by atoms with Crippen LogP contribution in [0.2, 0.25) is 0 Å². The molecule has 0 unspecified atom stereocenters. The molecule has 0 fully saturated rings. The van der Waals surface area contributed by atoms with E-state index >= 15 is 0 Å². The van der Waals surface area contributed by atoms with Gasteiger partial charge < -0.3 is 9.73 Å². The van der Waals surface area contributed by atoms with E-state index in [1.165, 1.54) is 10.6 Å². The van der Waals surface area contributed by atoms with Crippen LogP contribution < -0.4 is 5.32 Å². The zero-order chi connectivity index (χ0) is 19.0. The standard InChI is InChI=1S/C19H19FN6O/c1-19(2,3)14-10-22-17(27-14)11-21-15-8-9-16-23-24-18(26(16)25-15)12-6-4-5-7-13(12)20/h4-10H,11H2,1-3H3,(H,21,25). The average Bonchev–Trinajstić information content (AvgIpc) is 3.27. The maximum Gasteiger partial charge on any atom is 0.213 e. The summed E-state index contributed by atoms with van der Waals surface area (Å²) in [6, 6.07) is 9.95. The van der Waals surface area contributed by atoms with Crippen molar-refractivity contribution >= 4 is 11.5 Å². The first-order valence-corrected chi connectivity index (χ1v) is 8.58. The summed E-state index contributed by atoms with van der Waals surface area (Å²) in [6.45, 7) is 6.58. The topological polar surface area (TPSA) is 81.1 Å². The first kappa shape index (κ1) is 17.1. The fraction of sp³-hybridized carbons (Fsp3) is 0.263. The van der Waals surface area contributed by atoms with Crippen LogP contribution in [0.25, 0.3) is 17.0 Å². The van der Waals surface area contributed by atoms with Crippen LogP contribution in [0.1, 0.15) is 32.4 Å². The van der Waals surface area contributed by atoms with Crippen molar-refractivity contribution in [3.8, 4) is 11.4 Å². The van der Waals surface area contributed by atoms with E-state index in [1.807, 2.05) is 0 Å². The Morgan fingerprint density at radius 2 is 1.93 bits per heavy atom. The van der Waals surface area contributed by atoms with E-state index in [2.05, 4.69) is 46.4 Å². The zero-order valence-electron chi connectivity index (χ0n) is 15.3. The maximum atomic E-state index is 14.1. The number of oxazole rings is 1. The van der Waals surface area contributed by atoms with Gasteiger partial charge in [-0.2, -0.15) is 4.52 Å². The Balaban J connectivity index is 1.59. The highest BCUT2D eigenvalue weighted by Crippen LogP contribution is 2.23. The molecule has 0 radical (unpaired) electrons. The molecular formula is C19H19FN6O. The first-order chi connectivity index (χ1) is 12.9. The van der Waals surface area contributed by atoms with Crippen LogP contribution >= 0.6 is 0 Å². The van der Waals surface area contributed by atoms with Gasteiger partial charge in [0.1, 0.15) is 17.4 Å². The van der Waals surface area contributed by atoms with Crippen molar-refractivity contribution in [3.63, 3.8) is 0 Å². The molecule has 0 saturated carbocycles. The van der Waals surface area contributed by atoms with E-state index in [0.717, 1.165) is 5.76 Å². The number of rotatable bonds is 4. The van der Waals surface area contributed by atoms with Gasteiger partial charge in [0.2, 0.25) is 5.89 Å². The van der Waals surface area contributed by atoms with Crippen LogP contribution in [0.5, 0.6) is 0 Å². The highest BCUT2D eigenvalue weighted by molar-refractivity contribution is 5.60. The van der Waals surface area contributed by atoms with Crippen LogP contribution in [0.4, 0.5) is 10.2 Å². The van der Waals surface area contributed by atoms with Gasteiger partial charge >= 0.3 is 0 Å². The summed E-state index contributed by atoms with van der Waals surface area (Å²) in [6.07, 6.45) is 1.74. The normalized spacial score (nSPS) is 11.9. The van der Waals surface area contributed by atoms with Crippen molar-refractivity contribution in [1.29, 1.82) is 0 Å². The minimum absolute atomic E-state index is 0.0977. The third-order valence-corrected chi connectivity index (χ3v) is 4.09. The molecule has 4 aromatic rings. The average molecular weight is 366 g/mol. The Labute approximate surface area is 155 Å². The van der Waals surface area contributed by atoms with Gasteiger partial charge in [-0.1, -0.05) is 32.9 Å². The monoisotopic (exact) mass is 366 g/mol. The predicted molar refractivity (Wildman–Crippen MR) is 98.7 cm³/mol. The molecule has 0 aliphatic heterocycles. The minimum atomic E-state index is -0.374. The SMILES string of the molecule is CC(C)(C)c1cnc(CNc2ccc3nnc(-c4ccccc4F)n3n2)o1. The van der Waals surface area contributed by atoms with Crippen LogP contribution in [-0.2, 0) is 12.0 Å². The predicted octanol–water partition coefficient (Wildman–Crippen LogP) is 3.83. The molecule has 0 aliphatic rings. The molecule has 1 aromatic carbocycles. The summed E-state index contributed by atoms with van der Waals surface area (Å²) in [5, 5.41) is 15.8. The van der Waals surface area contributed by atoms with Crippen molar-refractivity contribution in [2.75, 3.05) is 5.32 Å².